The van der Waals surface area contributed by atoms with Crippen molar-refractivity contribution in [2.75, 3.05) is 31.2 Å². The van der Waals surface area contributed by atoms with E-state index in [-0.39, 0.29) is 0 Å². The lowest BCUT2D eigenvalue weighted by molar-refractivity contribution is 0.122. The van der Waals surface area contributed by atoms with Gasteiger partial charge in [-0.2, -0.15) is 0 Å². The first-order valence-corrected chi connectivity index (χ1v) is 6.39. The highest BCUT2D eigenvalue weighted by atomic mass is 127. The summed E-state index contributed by atoms with van der Waals surface area (Å²) in [5.74, 6) is 1.04. The number of ether oxygens (including phenoxy) is 1. The Bertz CT molecular complexity index is 505. The van der Waals surface area contributed by atoms with Crippen LogP contribution < -0.4 is 4.90 Å². The molecular formula is C11H12IN3O. The third-order valence-electron chi connectivity index (χ3n) is 2.81. The Balaban J connectivity index is 1.97. The number of nitrogens with one attached hydrogen (secondary N) is 1. The van der Waals surface area contributed by atoms with Gasteiger partial charge in [0.1, 0.15) is 11.5 Å². The predicted molar refractivity (Wildman–Crippen MR) is 71.8 cm³/mol. The summed E-state index contributed by atoms with van der Waals surface area (Å²) in [5, 5.41) is 1.19. The number of fused-ring (bicyclic) bond motifs is 1. The number of hydrogen-bond acceptors (Lipinski definition) is 3. The zero-order valence-corrected chi connectivity index (χ0v) is 10.9. The molecule has 84 valence electrons. The Morgan fingerprint density at radius 2 is 2.12 bits per heavy atom. The average molecular weight is 329 g/mol. The van der Waals surface area contributed by atoms with Gasteiger partial charge < -0.3 is 14.6 Å². The van der Waals surface area contributed by atoms with Crippen LogP contribution in [-0.2, 0) is 4.74 Å². The van der Waals surface area contributed by atoms with Gasteiger partial charge in [-0.1, -0.05) is 0 Å². The van der Waals surface area contributed by atoms with Crippen molar-refractivity contribution >= 4 is 39.4 Å². The third kappa shape index (κ3) is 1.78. The number of aromatic amines is 1. The number of halogens is 1. The molecule has 2 aromatic heterocycles. The highest BCUT2D eigenvalue weighted by Gasteiger charge is 2.13. The summed E-state index contributed by atoms with van der Waals surface area (Å²) in [6, 6.07) is 4.22. The van der Waals surface area contributed by atoms with Gasteiger partial charge in [0.05, 0.1) is 13.2 Å². The van der Waals surface area contributed by atoms with Crippen molar-refractivity contribution in [3.8, 4) is 0 Å². The number of nitrogens with zero attached hydrogens (tertiary/aromatic N) is 2. The molecule has 16 heavy (non-hydrogen) atoms. The number of hydrogen-bond donors (Lipinski definition) is 1. The van der Waals surface area contributed by atoms with E-state index in [1.165, 1.54) is 8.96 Å². The molecule has 1 fully saturated rings. The van der Waals surface area contributed by atoms with E-state index in [1.54, 1.807) is 0 Å². The fraction of sp³-hybridized carbons (Fsp3) is 0.364. The minimum absolute atomic E-state index is 0.794. The summed E-state index contributed by atoms with van der Waals surface area (Å²) in [7, 11) is 0. The number of pyridine rings is 1. The monoisotopic (exact) mass is 329 g/mol. The van der Waals surface area contributed by atoms with Crippen molar-refractivity contribution in [2.45, 2.75) is 0 Å². The second kappa shape index (κ2) is 4.21. The van der Waals surface area contributed by atoms with E-state index >= 15 is 0 Å². The fourth-order valence-electron chi connectivity index (χ4n) is 1.93. The molecule has 0 aliphatic carbocycles. The van der Waals surface area contributed by atoms with Crippen LogP contribution >= 0.6 is 22.6 Å². The fourth-order valence-corrected chi connectivity index (χ4v) is 2.52. The Kier molecular flexibility index (Phi) is 2.72. The maximum Gasteiger partial charge on any atom is 0.140 e. The number of morpholine rings is 1. The third-order valence-corrected chi connectivity index (χ3v) is 3.70. The van der Waals surface area contributed by atoms with Crippen molar-refractivity contribution in [1.82, 2.24) is 9.97 Å². The molecule has 1 N–H and O–H groups in total. The highest BCUT2D eigenvalue weighted by molar-refractivity contribution is 14.1. The molecule has 0 unspecified atom stereocenters. The molecule has 4 nitrogen and oxygen atoms in total. The smallest absolute Gasteiger partial charge is 0.140 e. The summed E-state index contributed by atoms with van der Waals surface area (Å²) in [6.07, 6.45) is 1.99. The Labute approximate surface area is 107 Å². The zero-order chi connectivity index (χ0) is 11.0. The van der Waals surface area contributed by atoms with E-state index in [1.807, 2.05) is 6.20 Å². The topological polar surface area (TPSA) is 41.2 Å². The quantitative estimate of drug-likeness (QED) is 0.814. The first-order chi connectivity index (χ1) is 7.84. The van der Waals surface area contributed by atoms with Crippen LogP contribution in [0.4, 0.5) is 5.82 Å². The van der Waals surface area contributed by atoms with E-state index in [4.69, 9.17) is 4.74 Å². The van der Waals surface area contributed by atoms with E-state index in [2.05, 4.69) is 49.6 Å². The van der Waals surface area contributed by atoms with E-state index < -0.39 is 0 Å². The lowest BCUT2D eigenvalue weighted by Gasteiger charge is -2.27. The van der Waals surface area contributed by atoms with Gasteiger partial charge in [0.15, 0.2) is 0 Å². The number of H-pyrrole nitrogens is 1. The lowest BCUT2D eigenvalue weighted by atomic mass is 10.3. The molecule has 0 saturated carbocycles. The van der Waals surface area contributed by atoms with E-state index in [0.717, 1.165) is 37.8 Å². The van der Waals surface area contributed by atoms with Crippen molar-refractivity contribution < 1.29 is 4.74 Å². The minimum atomic E-state index is 0.794. The molecule has 0 amide bonds. The van der Waals surface area contributed by atoms with Gasteiger partial charge in [0, 0.05) is 28.2 Å². The molecule has 5 heteroatoms. The Hall–Kier alpha value is -0.820. The first kappa shape index (κ1) is 10.3. The molecule has 0 spiro atoms. The average Bonchev–Trinajstić information content (AvgIpc) is 2.72. The number of aromatic nitrogens is 2. The maximum atomic E-state index is 5.33. The second-order valence-corrected chi connectivity index (χ2v) is 4.96. The van der Waals surface area contributed by atoms with Gasteiger partial charge in [-0.15, -0.1) is 0 Å². The van der Waals surface area contributed by atoms with Crippen LogP contribution in [0.25, 0.3) is 11.0 Å². The van der Waals surface area contributed by atoms with Crippen LogP contribution in [0.3, 0.4) is 0 Å². The van der Waals surface area contributed by atoms with Gasteiger partial charge >= 0.3 is 0 Å². The largest absolute Gasteiger partial charge is 0.378 e. The van der Waals surface area contributed by atoms with Gasteiger partial charge in [-0.25, -0.2) is 4.98 Å². The number of anilines is 1. The molecule has 0 radical (unpaired) electrons. The van der Waals surface area contributed by atoms with Crippen molar-refractivity contribution in [3.05, 3.63) is 21.9 Å². The summed E-state index contributed by atoms with van der Waals surface area (Å²) in [4.78, 5) is 10.1. The molecule has 1 aliphatic rings. The van der Waals surface area contributed by atoms with Crippen LogP contribution in [0.1, 0.15) is 0 Å². The van der Waals surface area contributed by atoms with Crippen LogP contribution in [0.2, 0.25) is 0 Å². The Morgan fingerprint density at radius 1 is 1.31 bits per heavy atom. The molecule has 3 rings (SSSR count). The minimum Gasteiger partial charge on any atom is -0.378 e. The van der Waals surface area contributed by atoms with E-state index in [0.29, 0.717) is 0 Å². The van der Waals surface area contributed by atoms with Crippen molar-refractivity contribution in [3.63, 3.8) is 0 Å². The molecule has 1 saturated heterocycles. The van der Waals surface area contributed by atoms with Crippen LogP contribution in [-0.4, -0.2) is 36.3 Å². The molecule has 2 aromatic rings. The van der Waals surface area contributed by atoms with Crippen LogP contribution in [0.5, 0.6) is 0 Å². The predicted octanol–water partition coefficient (Wildman–Crippen LogP) is 2.00. The van der Waals surface area contributed by atoms with Gasteiger partial charge in [-0.3, -0.25) is 0 Å². The van der Waals surface area contributed by atoms with Gasteiger partial charge in [0.2, 0.25) is 0 Å². The molecule has 0 bridgehead atoms. The molecule has 1 aliphatic heterocycles. The van der Waals surface area contributed by atoms with Crippen molar-refractivity contribution in [2.24, 2.45) is 0 Å². The van der Waals surface area contributed by atoms with Gasteiger partial charge in [-0.05, 0) is 34.7 Å². The van der Waals surface area contributed by atoms with E-state index in [9.17, 15) is 0 Å². The maximum absolute atomic E-state index is 5.33. The molecule has 3 heterocycles. The Morgan fingerprint density at radius 3 is 2.94 bits per heavy atom. The summed E-state index contributed by atoms with van der Waals surface area (Å²) in [6.45, 7) is 3.44. The lowest BCUT2D eigenvalue weighted by Crippen LogP contribution is -2.36. The summed E-state index contributed by atoms with van der Waals surface area (Å²) in [5.41, 5.74) is 0.966. The van der Waals surface area contributed by atoms with Crippen LogP contribution in [0, 0.1) is 3.57 Å². The SMILES string of the molecule is Ic1c[nH]c2nc(N3CCOCC3)ccc12. The van der Waals surface area contributed by atoms with Gasteiger partial charge in [0.25, 0.3) is 0 Å². The molecule has 0 atom stereocenters. The molecule has 0 aromatic carbocycles. The number of rotatable bonds is 1. The molecular weight excluding hydrogens is 317 g/mol. The normalized spacial score (nSPS) is 16.9. The van der Waals surface area contributed by atoms with Crippen molar-refractivity contribution in [1.29, 1.82) is 0 Å². The highest BCUT2D eigenvalue weighted by Crippen LogP contribution is 2.22. The summed E-state index contributed by atoms with van der Waals surface area (Å²) >= 11 is 2.31. The first-order valence-electron chi connectivity index (χ1n) is 5.31. The summed E-state index contributed by atoms with van der Waals surface area (Å²) < 4.78 is 6.55. The second-order valence-electron chi connectivity index (χ2n) is 3.80. The zero-order valence-electron chi connectivity index (χ0n) is 8.74. The van der Waals surface area contributed by atoms with Crippen LogP contribution in [0.15, 0.2) is 18.3 Å². The standard InChI is InChI=1S/C11H12IN3O/c12-9-7-13-11-8(9)1-2-10(14-11)15-3-5-16-6-4-15/h1-2,7H,3-6H2,(H,13,14).